The quantitative estimate of drug-likeness (QED) is 0.515. The van der Waals surface area contributed by atoms with Crippen LogP contribution in [0.1, 0.15) is 19.8 Å². The lowest BCUT2D eigenvalue weighted by Gasteiger charge is -2.20. The Bertz CT molecular complexity index is 444. The predicted octanol–water partition coefficient (Wildman–Crippen LogP) is 2.78. The molecule has 0 atom stereocenters. The monoisotopic (exact) mass is 295 g/mol. The van der Waals surface area contributed by atoms with Gasteiger partial charge in [-0.25, -0.2) is 4.99 Å². The van der Waals surface area contributed by atoms with Gasteiger partial charge >= 0.3 is 0 Å². The number of rotatable bonds is 5. The molecule has 1 aliphatic rings. The Balaban J connectivity index is 1.80. The molecule has 4 nitrogen and oxygen atoms in total. The van der Waals surface area contributed by atoms with E-state index in [1.165, 1.54) is 12.8 Å². The minimum Gasteiger partial charge on any atom is -0.492 e. The van der Waals surface area contributed by atoms with Gasteiger partial charge in [0.1, 0.15) is 12.4 Å². The van der Waals surface area contributed by atoms with Gasteiger partial charge in [0, 0.05) is 24.7 Å². The molecule has 2 rings (SSSR count). The first-order valence-electron chi connectivity index (χ1n) is 7.21. The standard InChI is InChI=1S/C15H22ClN3O/c1-2-17-15(19-9-3-4-10-19)18-8-11-20-14-7-5-6-13(16)12-14/h5-7,12H,2-4,8-11H2,1H3,(H,17,18). The van der Waals surface area contributed by atoms with Crippen LogP contribution in [0.2, 0.25) is 5.02 Å². The molecule has 1 aromatic rings. The summed E-state index contributed by atoms with van der Waals surface area (Å²) in [6.07, 6.45) is 2.51. The van der Waals surface area contributed by atoms with E-state index in [2.05, 4.69) is 22.1 Å². The minimum atomic E-state index is 0.559. The van der Waals surface area contributed by atoms with Crippen molar-refractivity contribution in [2.24, 2.45) is 4.99 Å². The summed E-state index contributed by atoms with van der Waals surface area (Å²) < 4.78 is 5.64. The Morgan fingerprint density at radius 1 is 1.40 bits per heavy atom. The van der Waals surface area contributed by atoms with E-state index in [4.69, 9.17) is 16.3 Å². The van der Waals surface area contributed by atoms with Gasteiger partial charge < -0.3 is 15.0 Å². The summed E-state index contributed by atoms with van der Waals surface area (Å²) in [6.45, 7) is 6.38. The maximum atomic E-state index is 5.91. The van der Waals surface area contributed by atoms with Gasteiger partial charge in [-0.3, -0.25) is 0 Å². The summed E-state index contributed by atoms with van der Waals surface area (Å²) in [7, 11) is 0. The van der Waals surface area contributed by atoms with E-state index in [1.54, 1.807) is 0 Å². The minimum absolute atomic E-state index is 0.559. The van der Waals surface area contributed by atoms with Crippen LogP contribution in [-0.4, -0.2) is 43.6 Å². The van der Waals surface area contributed by atoms with E-state index in [9.17, 15) is 0 Å². The Kier molecular flexibility index (Phi) is 5.99. The first-order valence-corrected chi connectivity index (χ1v) is 7.59. The van der Waals surface area contributed by atoms with Crippen molar-refractivity contribution in [3.8, 4) is 5.75 Å². The second kappa shape index (κ2) is 8.00. The molecule has 5 heteroatoms. The first-order chi connectivity index (χ1) is 9.79. The van der Waals surface area contributed by atoms with Crippen molar-refractivity contribution in [1.82, 2.24) is 10.2 Å². The van der Waals surface area contributed by atoms with Crippen molar-refractivity contribution >= 4 is 17.6 Å². The molecule has 1 fully saturated rings. The highest BCUT2D eigenvalue weighted by molar-refractivity contribution is 6.30. The van der Waals surface area contributed by atoms with Gasteiger partial charge in [-0.1, -0.05) is 17.7 Å². The third-order valence-corrected chi connectivity index (χ3v) is 3.39. The summed E-state index contributed by atoms with van der Waals surface area (Å²) in [5.74, 6) is 1.79. The normalized spacial score (nSPS) is 15.5. The summed E-state index contributed by atoms with van der Waals surface area (Å²) in [5.41, 5.74) is 0. The highest BCUT2D eigenvalue weighted by Crippen LogP contribution is 2.16. The number of benzene rings is 1. The molecule has 0 saturated carbocycles. The lowest BCUT2D eigenvalue weighted by Crippen LogP contribution is -2.39. The van der Waals surface area contributed by atoms with Crippen molar-refractivity contribution in [3.05, 3.63) is 29.3 Å². The average molecular weight is 296 g/mol. The molecule has 0 bridgehead atoms. The Morgan fingerprint density at radius 2 is 2.20 bits per heavy atom. The van der Waals surface area contributed by atoms with E-state index in [0.29, 0.717) is 18.2 Å². The van der Waals surface area contributed by atoms with Gasteiger partial charge in [-0.2, -0.15) is 0 Å². The maximum Gasteiger partial charge on any atom is 0.194 e. The van der Waals surface area contributed by atoms with Crippen LogP contribution in [0.3, 0.4) is 0 Å². The molecule has 1 aliphatic heterocycles. The van der Waals surface area contributed by atoms with Crippen molar-refractivity contribution in [3.63, 3.8) is 0 Å². The van der Waals surface area contributed by atoms with Gasteiger partial charge in [-0.15, -0.1) is 0 Å². The van der Waals surface area contributed by atoms with E-state index in [-0.39, 0.29) is 0 Å². The van der Waals surface area contributed by atoms with Crippen molar-refractivity contribution in [2.45, 2.75) is 19.8 Å². The number of nitrogens with zero attached hydrogens (tertiary/aromatic N) is 2. The predicted molar refractivity (Wildman–Crippen MR) is 83.7 cm³/mol. The second-order valence-corrected chi connectivity index (χ2v) is 5.17. The topological polar surface area (TPSA) is 36.9 Å². The van der Waals surface area contributed by atoms with E-state index >= 15 is 0 Å². The van der Waals surface area contributed by atoms with Crippen LogP contribution >= 0.6 is 11.6 Å². The number of aliphatic imine (C=N–C) groups is 1. The molecule has 1 saturated heterocycles. The largest absolute Gasteiger partial charge is 0.492 e. The van der Waals surface area contributed by atoms with E-state index in [1.807, 2.05) is 24.3 Å². The lowest BCUT2D eigenvalue weighted by molar-refractivity contribution is 0.327. The number of guanidine groups is 1. The molecule has 0 amide bonds. The molecule has 110 valence electrons. The van der Waals surface area contributed by atoms with Gasteiger partial charge in [0.15, 0.2) is 5.96 Å². The third-order valence-electron chi connectivity index (χ3n) is 3.16. The molecule has 0 aromatic heterocycles. The molecule has 1 N–H and O–H groups in total. The van der Waals surface area contributed by atoms with Crippen LogP contribution in [0.25, 0.3) is 0 Å². The number of likely N-dealkylation sites (tertiary alicyclic amines) is 1. The summed E-state index contributed by atoms with van der Waals surface area (Å²) in [5, 5.41) is 4.02. The molecule has 0 unspecified atom stereocenters. The van der Waals surface area contributed by atoms with Crippen molar-refractivity contribution < 1.29 is 4.74 Å². The van der Waals surface area contributed by atoms with E-state index < -0.39 is 0 Å². The van der Waals surface area contributed by atoms with Crippen molar-refractivity contribution in [2.75, 3.05) is 32.8 Å². The van der Waals surface area contributed by atoms with Crippen molar-refractivity contribution in [1.29, 1.82) is 0 Å². The van der Waals surface area contributed by atoms with Gasteiger partial charge in [0.25, 0.3) is 0 Å². The van der Waals surface area contributed by atoms with Gasteiger partial charge in [0.2, 0.25) is 0 Å². The number of ether oxygens (including phenoxy) is 1. The smallest absolute Gasteiger partial charge is 0.194 e. The first kappa shape index (κ1) is 15.0. The molecule has 20 heavy (non-hydrogen) atoms. The number of nitrogens with one attached hydrogen (secondary N) is 1. The second-order valence-electron chi connectivity index (χ2n) is 4.74. The summed E-state index contributed by atoms with van der Waals surface area (Å²) in [6, 6.07) is 7.44. The van der Waals surface area contributed by atoms with Crippen LogP contribution < -0.4 is 10.1 Å². The van der Waals surface area contributed by atoms with Crippen LogP contribution in [0, 0.1) is 0 Å². The van der Waals surface area contributed by atoms with Crippen LogP contribution in [0.4, 0.5) is 0 Å². The Morgan fingerprint density at radius 3 is 2.90 bits per heavy atom. The molecule has 1 aromatic carbocycles. The fraction of sp³-hybridized carbons (Fsp3) is 0.533. The number of hydrogen-bond acceptors (Lipinski definition) is 2. The number of hydrogen-bond donors (Lipinski definition) is 1. The zero-order valence-corrected chi connectivity index (χ0v) is 12.7. The fourth-order valence-corrected chi connectivity index (χ4v) is 2.41. The molecule has 0 radical (unpaired) electrons. The SMILES string of the molecule is CCNC(=NCCOc1cccc(Cl)c1)N1CCCC1. The van der Waals surface area contributed by atoms with Crippen LogP contribution in [0.15, 0.2) is 29.3 Å². The molecule has 0 spiro atoms. The molecular formula is C15H22ClN3O. The molecule has 1 heterocycles. The molecular weight excluding hydrogens is 274 g/mol. The fourth-order valence-electron chi connectivity index (χ4n) is 2.23. The zero-order chi connectivity index (χ0) is 14.2. The summed E-state index contributed by atoms with van der Waals surface area (Å²) >= 11 is 5.91. The maximum absolute atomic E-state index is 5.91. The Hall–Kier alpha value is -1.42. The zero-order valence-electron chi connectivity index (χ0n) is 11.9. The number of halogens is 1. The Labute approximate surface area is 125 Å². The highest BCUT2D eigenvalue weighted by Gasteiger charge is 2.15. The summed E-state index contributed by atoms with van der Waals surface area (Å²) in [4.78, 5) is 6.91. The van der Waals surface area contributed by atoms with Crippen LogP contribution in [-0.2, 0) is 0 Å². The third kappa shape index (κ3) is 4.60. The van der Waals surface area contributed by atoms with Crippen LogP contribution in [0.5, 0.6) is 5.75 Å². The average Bonchev–Trinajstić information content (AvgIpc) is 2.96. The molecule has 0 aliphatic carbocycles. The van der Waals surface area contributed by atoms with Gasteiger partial charge in [0.05, 0.1) is 6.54 Å². The van der Waals surface area contributed by atoms with E-state index in [0.717, 1.165) is 31.3 Å². The lowest BCUT2D eigenvalue weighted by atomic mass is 10.3. The van der Waals surface area contributed by atoms with Gasteiger partial charge in [-0.05, 0) is 38.0 Å². The highest BCUT2D eigenvalue weighted by atomic mass is 35.5.